The van der Waals surface area contributed by atoms with Gasteiger partial charge in [-0.3, -0.25) is 0 Å². The number of hydrogen-bond donors (Lipinski definition) is 1. The second-order valence-electron chi connectivity index (χ2n) is 5.73. The van der Waals surface area contributed by atoms with Gasteiger partial charge in [0.2, 0.25) is 5.89 Å². The molecule has 2 heterocycles. The first-order valence-corrected chi connectivity index (χ1v) is 8.13. The smallest absolute Gasteiger partial charge is 0.292 e. The lowest BCUT2D eigenvalue weighted by molar-refractivity contribution is -0.937. The first-order valence-electron chi connectivity index (χ1n) is 7.35. The maximum Gasteiger partial charge on any atom is 0.292 e. The highest BCUT2D eigenvalue weighted by atomic mass is 35.5. The van der Waals surface area contributed by atoms with Gasteiger partial charge in [0.15, 0.2) is 6.67 Å². The highest BCUT2D eigenvalue weighted by Gasteiger charge is 2.26. The van der Waals surface area contributed by atoms with Crippen LogP contribution in [0.3, 0.4) is 0 Å². The van der Waals surface area contributed by atoms with Crippen LogP contribution in [0.2, 0.25) is 5.02 Å². The van der Waals surface area contributed by atoms with Gasteiger partial charge in [0.1, 0.15) is 25.3 Å². The zero-order valence-electron chi connectivity index (χ0n) is 12.6. The molecule has 1 N–H and O–H groups in total. The van der Waals surface area contributed by atoms with Crippen molar-refractivity contribution in [2.24, 2.45) is 0 Å². The lowest BCUT2D eigenvalue weighted by atomic mass is 10.2. The monoisotopic (exact) mass is 340 g/mol. The van der Waals surface area contributed by atoms with Crippen LogP contribution in [0.5, 0.6) is 0 Å². The van der Waals surface area contributed by atoms with Crippen LogP contribution >= 0.6 is 23.8 Å². The number of quaternary nitrogens is 1. The van der Waals surface area contributed by atoms with Gasteiger partial charge >= 0.3 is 0 Å². The van der Waals surface area contributed by atoms with Crippen molar-refractivity contribution < 1.29 is 14.1 Å². The highest BCUT2D eigenvalue weighted by molar-refractivity contribution is 7.71. The van der Waals surface area contributed by atoms with E-state index >= 15 is 0 Å². The Morgan fingerprint density at radius 1 is 1.32 bits per heavy atom. The molecule has 2 aromatic rings. The van der Waals surface area contributed by atoms with Crippen LogP contribution in [0.1, 0.15) is 13.8 Å². The Labute approximate surface area is 139 Å². The van der Waals surface area contributed by atoms with Crippen molar-refractivity contribution in [3.63, 3.8) is 0 Å². The summed E-state index contributed by atoms with van der Waals surface area (Å²) in [4.78, 5) is 1.75. The number of rotatable bonds is 3. The van der Waals surface area contributed by atoms with E-state index in [0.29, 0.717) is 22.4 Å². The van der Waals surface area contributed by atoms with E-state index in [2.05, 4.69) is 18.9 Å². The number of aromatic nitrogens is 2. The molecule has 118 valence electrons. The van der Waals surface area contributed by atoms with Crippen molar-refractivity contribution in [2.45, 2.75) is 32.7 Å². The Morgan fingerprint density at radius 3 is 2.68 bits per heavy atom. The van der Waals surface area contributed by atoms with E-state index in [9.17, 15) is 0 Å². The largest absolute Gasteiger partial charge is 0.409 e. The molecule has 1 fully saturated rings. The minimum atomic E-state index is 0.239. The standard InChI is InChI=1S/C15H18ClN3O2S/c1-10-7-18(8-11(2)20-10)9-19-15(22)21-14(17-19)12-5-3-4-6-13(12)16/h3-6,10-11H,7-9H2,1-2H3/p+1/t10-,11-/m1/s1. The van der Waals surface area contributed by atoms with Crippen LogP contribution < -0.4 is 4.90 Å². The molecule has 1 aromatic heterocycles. The zero-order chi connectivity index (χ0) is 15.7. The fraction of sp³-hybridized carbons (Fsp3) is 0.467. The summed E-state index contributed by atoms with van der Waals surface area (Å²) in [6, 6.07) is 7.46. The van der Waals surface area contributed by atoms with Gasteiger partial charge in [-0.05, 0) is 38.2 Å². The summed E-state index contributed by atoms with van der Waals surface area (Å²) >= 11 is 11.5. The lowest BCUT2D eigenvalue weighted by Crippen LogP contribution is -3.14. The Bertz CT molecular complexity index is 705. The molecule has 0 amide bonds. The summed E-state index contributed by atoms with van der Waals surface area (Å²) in [5, 5.41) is 5.09. The van der Waals surface area contributed by atoms with E-state index in [0.717, 1.165) is 18.7 Å². The third-order valence-corrected chi connectivity index (χ3v) is 4.32. The van der Waals surface area contributed by atoms with Crippen molar-refractivity contribution in [1.29, 1.82) is 0 Å². The molecule has 0 unspecified atom stereocenters. The van der Waals surface area contributed by atoms with Crippen molar-refractivity contribution in [3.8, 4) is 11.5 Å². The molecule has 2 atom stereocenters. The van der Waals surface area contributed by atoms with E-state index in [-0.39, 0.29) is 12.2 Å². The Morgan fingerprint density at radius 2 is 2.00 bits per heavy atom. The predicted octanol–water partition coefficient (Wildman–Crippen LogP) is 2.18. The summed E-state index contributed by atoms with van der Waals surface area (Å²) in [6.07, 6.45) is 0.478. The number of ether oxygens (including phenoxy) is 1. The molecule has 0 aliphatic carbocycles. The van der Waals surface area contributed by atoms with E-state index in [1.54, 1.807) is 4.68 Å². The Kier molecular flexibility index (Phi) is 4.63. The Balaban J connectivity index is 1.81. The molecular weight excluding hydrogens is 322 g/mol. The summed E-state index contributed by atoms with van der Waals surface area (Å²) in [5.41, 5.74) is 0.757. The number of halogens is 1. The zero-order valence-corrected chi connectivity index (χ0v) is 14.2. The van der Waals surface area contributed by atoms with Crippen molar-refractivity contribution in [2.75, 3.05) is 13.1 Å². The number of morpholine rings is 1. The predicted molar refractivity (Wildman–Crippen MR) is 86.5 cm³/mol. The van der Waals surface area contributed by atoms with Crippen LogP contribution in [-0.2, 0) is 11.4 Å². The maximum absolute atomic E-state index is 6.19. The first-order chi connectivity index (χ1) is 10.5. The molecule has 1 aliphatic rings. The van der Waals surface area contributed by atoms with Crippen LogP contribution in [0.4, 0.5) is 0 Å². The third-order valence-electron chi connectivity index (χ3n) is 3.70. The second-order valence-corrected chi connectivity index (χ2v) is 6.48. The molecule has 22 heavy (non-hydrogen) atoms. The van der Waals surface area contributed by atoms with E-state index in [1.807, 2.05) is 24.3 Å². The summed E-state index contributed by atoms with van der Waals surface area (Å²) < 4.78 is 13.1. The van der Waals surface area contributed by atoms with Crippen LogP contribution in [0.25, 0.3) is 11.5 Å². The number of benzene rings is 1. The molecule has 0 saturated carbocycles. The molecule has 1 saturated heterocycles. The van der Waals surface area contributed by atoms with Gasteiger partial charge in [-0.15, -0.1) is 5.10 Å². The molecule has 0 radical (unpaired) electrons. The molecule has 3 rings (SSSR count). The fourth-order valence-corrected chi connectivity index (χ4v) is 3.28. The maximum atomic E-state index is 6.19. The van der Waals surface area contributed by atoms with Crippen molar-refractivity contribution in [3.05, 3.63) is 34.1 Å². The van der Waals surface area contributed by atoms with Gasteiger partial charge in [0.05, 0.1) is 10.6 Å². The molecule has 0 spiro atoms. The molecule has 0 bridgehead atoms. The molecule has 1 aromatic carbocycles. The van der Waals surface area contributed by atoms with Gasteiger partial charge in [-0.1, -0.05) is 23.7 Å². The van der Waals surface area contributed by atoms with E-state index < -0.39 is 0 Å². The van der Waals surface area contributed by atoms with Crippen molar-refractivity contribution >= 4 is 23.8 Å². The van der Waals surface area contributed by atoms with Crippen molar-refractivity contribution in [1.82, 2.24) is 9.78 Å². The van der Waals surface area contributed by atoms with Crippen LogP contribution in [0, 0.1) is 4.84 Å². The lowest BCUT2D eigenvalue weighted by Gasteiger charge is -2.31. The SMILES string of the molecule is C[C@@H]1C[NH+](Cn2nc(-c3ccccc3Cl)oc2=S)C[C@@H](C)O1. The Hall–Kier alpha value is -1.21. The normalized spacial score (nSPS) is 25.3. The van der Waals surface area contributed by atoms with Crippen LogP contribution in [-0.4, -0.2) is 35.1 Å². The highest BCUT2D eigenvalue weighted by Crippen LogP contribution is 2.26. The molecule has 1 aliphatic heterocycles. The minimum Gasteiger partial charge on any atom is -0.409 e. The average Bonchev–Trinajstić information content (AvgIpc) is 2.79. The molecule has 5 nitrogen and oxygen atoms in total. The van der Waals surface area contributed by atoms with Gasteiger partial charge in [-0.25, -0.2) is 0 Å². The topological polar surface area (TPSA) is 44.6 Å². The second kappa shape index (κ2) is 6.50. The average molecular weight is 341 g/mol. The quantitative estimate of drug-likeness (QED) is 0.870. The van der Waals surface area contributed by atoms with Gasteiger partial charge in [-0.2, -0.15) is 4.68 Å². The number of nitrogens with zero attached hydrogens (tertiary/aromatic N) is 2. The first kappa shape index (κ1) is 15.7. The van der Waals surface area contributed by atoms with Gasteiger partial charge in [0, 0.05) is 0 Å². The molecule has 7 heteroatoms. The summed E-state index contributed by atoms with van der Waals surface area (Å²) in [6.45, 7) is 6.71. The van der Waals surface area contributed by atoms with Gasteiger partial charge < -0.3 is 14.1 Å². The molecular formula is C15H19ClN3O2S+. The number of nitrogens with one attached hydrogen (secondary N) is 1. The third kappa shape index (κ3) is 3.41. The van der Waals surface area contributed by atoms with E-state index in [1.165, 1.54) is 4.90 Å². The summed E-state index contributed by atoms with van der Waals surface area (Å²) in [7, 11) is 0. The summed E-state index contributed by atoms with van der Waals surface area (Å²) in [5.74, 6) is 0.462. The fourth-order valence-electron chi connectivity index (χ4n) is 2.88. The van der Waals surface area contributed by atoms with Gasteiger partial charge in [0.25, 0.3) is 4.84 Å². The van der Waals surface area contributed by atoms with E-state index in [4.69, 9.17) is 33.0 Å². The van der Waals surface area contributed by atoms with Crippen LogP contribution in [0.15, 0.2) is 28.7 Å². The number of hydrogen-bond acceptors (Lipinski definition) is 4. The minimum absolute atomic E-state index is 0.239.